The standard InChI is InChI=1S/C18H16ClF3N4O6S/c1-9(27)23-7-12-8-26(13-5-11(25-17(28)29)2-3-14(13)32-12)33(30,31)15-4-10(18(20,21)22)6-24-16(15)19/h2-6,12,25H,7-8H2,1H3,(H,23,27)(H,28,29). The molecule has 10 nitrogen and oxygen atoms in total. The summed E-state index contributed by atoms with van der Waals surface area (Å²) >= 11 is 5.85. The number of carbonyl (C=O) groups excluding carboxylic acids is 1. The summed E-state index contributed by atoms with van der Waals surface area (Å²) in [6, 6.07) is 4.10. The Morgan fingerprint density at radius 2 is 2.03 bits per heavy atom. The van der Waals surface area contributed by atoms with Crippen LogP contribution in [0.15, 0.2) is 35.4 Å². The molecule has 1 aliphatic heterocycles. The number of nitrogens with zero attached hydrogens (tertiary/aromatic N) is 2. The van der Waals surface area contributed by atoms with Crippen molar-refractivity contribution in [1.82, 2.24) is 10.3 Å². The highest BCUT2D eigenvalue weighted by molar-refractivity contribution is 7.93. The van der Waals surface area contributed by atoms with Crippen LogP contribution in [0.25, 0.3) is 0 Å². The monoisotopic (exact) mass is 508 g/mol. The number of anilines is 2. The molecule has 178 valence electrons. The van der Waals surface area contributed by atoms with Crippen LogP contribution < -0.4 is 19.7 Å². The molecular formula is C18H16ClF3N4O6S. The van der Waals surface area contributed by atoms with E-state index in [1.807, 2.05) is 0 Å². The van der Waals surface area contributed by atoms with Crippen LogP contribution in [0.5, 0.6) is 5.75 Å². The van der Waals surface area contributed by atoms with Crippen LogP contribution in [0.2, 0.25) is 5.15 Å². The van der Waals surface area contributed by atoms with Gasteiger partial charge in [0.25, 0.3) is 10.0 Å². The number of alkyl halides is 3. The summed E-state index contributed by atoms with van der Waals surface area (Å²) in [5.41, 5.74) is -1.48. The topological polar surface area (TPSA) is 138 Å². The molecule has 2 aromatic rings. The maximum absolute atomic E-state index is 13.4. The molecule has 2 heterocycles. The van der Waals surface area contributed by atoms with Crippen molar-refractivity contribution >= 4 is 45.0 Å². The molecule has 1 aromatic carbocycles. The lowest BCUT2D eigenvalue weighted by Gasteiger charge is -2.35. The van der Waals surface area contributed by atoms with Crippen molar-refractivity contribution < 1.29 is 41.0 Å². The predicted octanol–water partition coefficient (Wildman–Crippen LogP) is 2.94. The second-order valence-electron chi connectivity index (χ2n) is 6.84. The van der Waals surface area contributed by atoms with E-state index in [2.05, 4.69) is 15.6 Å². The minimum absolute atomic E-state index is 0.00725. The Morgan fingerprint density at radius 1 is 1.33 bits per heavy atom. The molecule has 1 unspecified atom stereocenters. The fraction of sp³-hybridized carbons (Fsp3) is 0.278. The normalized spacial score (nSPS) is 15.9. The third-order valence-electron chi connectivity index (χ3n) is 4.42. The number of hydrogen-bond donors (Lipinski definition) is 3. The van der Waals surface area contributed by atoms with Crippen LogP contribution in [0.3, 0.4) is 0 Å². The van der Waals surface area contributed by atoms with E-state index in [1.165, 1.54) is 19.1 Å². The van der Waals surface area contributed by atoms with Gasteiger partial charge in [-0.25, -0.2) is 18.2 Å². The highest BCUT2D eigenvalue weighted by atomic mass is 35.5. The summed E-state index contributed by atoms with van der Waals surface area (Å²) in [4.78, 5) is 24.7. The van der Waals surface area contributed by atoms with E-state index in [0.717, 1.165) is 10.4 Å². The molecule has 2 amide bonds. The van der Waals surface area contributed by atoms with Gasteiger partial charge < -0.3 is 15.2 Å². The first-order valence-corrected chi connectivity index (χ1v) is 10.9. The molecule has 0 spiro atoms. The number of ether oxygens (including phenoxy) is 1. The smallest absolute Gasteiger partial charge is 0.417 e. The minimum atomic E-state index is -4.88. The lowest BCUT2D eigenvalue weighted by atomic mass is 10.2. The number of aromatic nitrogens is 1. The molecule has 0 bridgehead atoms. The molecule has 0 radical (unpaired) electrons. The largest absolute Gasteiger partial charge is 0.484 e. The highest BCUT2D eigenvalue weighted by Crippen LogP contribution is 2.40. The zero-order chi connectivity index (χ0) is 24.6. The molecule has 3 N–H and O–H groups in total. The number of benzene rings is 1. The number of halogens is 4. The van der Waals surface area contributed by atoms with Gasteiger partial charge in [-0.3, -0.25) is 14.4 Å². The Balaban J connectivity index is 2.12. The van der Waals surface area contributed by atoms with E-state index in [4.69, 9.17) is 21.4 Å². The second-order valence-corrected chi connectivity index (χ2v) is 9.03. The summed E-state index contributed by atoms with van der Waals surface area (Å²) in [5, 5.41) is 12.8. The summed E-state index contributed by atoms with van der Waals surface area (Å²) in [7, 11) is -4.73. The average molecular weight is 509 g/mol. The number of nitrogens with one attached hydrogen (secondary N) is 2. The van der Waals surface area contributed by atoms with Crippen LogP contribution in [0.4, 0.5) is 29.3 Å². The zero-order valence-electron chi connectivity index (χ0n) is 16.7. The van der Waals surface area contributed by atoms with Crippen molar-refractivity contribution in [3.05, 3.63) is 41.2 Å². The van der Waals surface area contributed by atoms with Crippen molar-refractivity contribution in [3.63, 3.8) is 0 Å². The molecule has 1 atom stereocenters. The molecule has 0 fully saturated rings. The molecule has 0 aliphatic carbocycles. The van der Waals surface area contributed by atoms with Gasteiger partial charge in [0.1, 0.15) is 21.9 Å². The van der Waals surface area contributed by atoms with Crippen molar-refractivity contribution in [1.29, 1.82) is 0 Å². The van der Waals surface area contributed by atoms with E-state index >= 15 is 0 Å². The fourth-order valence-electron chi connectivity index (χ4n) is 2.99. The Labute approximate surface area is 190 Å². The molecule has 3 rings (SSSR count). The number of hydrogen-bond acceptors (Lipinski definition) is 6. The summed E-state index contributed by atoms with van der Waals surface area (Å²) in [6.07, 6.45) is -6.80. The van der Waals surface area contributed by atoms with Crippen LogP contribution in [0.1, 0.15) is 12.5 Å². The van der Waals surface area contributed by atoms with Crippen LogP contribution in [-0.2, 0) is 21.0 Å². The van der Waals surface area contributed by atoms with Crippen molar-refractivity contribution in [2.75, 3.05) is 22.7 Å². The van der Waals surface area contributed by atoms with E-state index in [0.29, 0.717) is 12.3 Å². The van der Waals surface area contributed by atoms with Crippen molar-refractivity contribution in [3.8, 4) is 5.75 Å². The Morgan fingerprint density at radius 3 is 2.64 bits per heavy atom. The van der Waals surface area contributed by atoms with Crippen LogP contribution in [-0.4, -0.2) is 49.7 Å². The fourth-order valence-corrected chi connectivity index (χ4v) is 4.93. The van der Waals surface area contributed by atoms with Crippen LogP contribution in [0, 0.1) is 0 Å². The Kier molecular flexibility index (Phi) is 6.61. The van der Waals surface area contributed by atoms with E-state index in [9.17, 15) is 31.2 Å². The lowest BCUT2D eigenvalue weighted by Crippen LogP contribution is -2.48. The molecule has 33 heavy (non-hydrogen) atoms. The van der Waals surface area contributed by atoms with Crippen LogP contribution >= 0.6 is 11.6 Å². The quantitative estimate of drug-likeness (QED) is 0.528. The van der Waals surface area contributed by atoms with Gasteiger partial charge in [-0.2, -0.15) is 13.2 Å². The first-order valence-electron chi connectivity index (χ1n) is 9.09. The van der Waals surface area contributed by atoms with E-state index in [-0.39, 0.29) is 23.7 Å². The second kappa shape index (κ2) is 8.94. The zero-order valence-corrected chi connectivity index (χ0v) is 18.3. The summed E-state index contributed by atoms with van der Waals surface area (Å²) in [6.45, 7) is 0.715. The minimum Gasteiger partial charge on any atom is -0.484 e. The maximum atomic E-state index is 13.4. The van der Waals surface area contributed by atoms with E-state index < -0.39 is 56.5 Å². The van der Waals surface area contributed by atoms with Gasteiger partial charge in [-0.1, -0.05) is 11.6 Å². The highest BCUT2D eigenvalue weighted by Gasteiger charge is 2.39. The summed E-state index contributed by atoms with van der Waals surface area (Å²) < 4.78 is 72.8. The van der Waals surface area contributed by atoms with Gasteiger partial charge in [-0.15, -0.1) is 0 Å². The van der Waals surface area contributed by atoms with Gasteiger partial charge in [-0.05, 0) is 24.3 Å². The first-order chi connectivity index (χ1) is 15.3. The number of fused-ring (bicyclic) bond motifs is 1. The van der Waals surface area contributed by atoms with Gasteiger partial charge in [0.15, 0.2) is 0 Å². The van der Waals surface area contributed by atoms with Gasteiger partial charge in [0, 0.05) is 18.8 Å². The average Bonchev–Trinajstić information content (AvgIpc) is 2.70. The molecule has 1 aromatic heterocycles. The molecule has 1 aliphatic rings. The van der Waals surface area contributed by atoms with Gasteiger partial charge in [0.05, 0.1) is 24.3 Å². The van der Waals surface area contributed by atoms with Crippen molar-refractivity contribution in [2.45, 2.75) is 24.1 Å². The van der Waals surface area contributed by atoms with Gasteiger partial charge in [0.2, 0.25) is 5.91 Å². The SMILES string of the molecule is CC(=O)NCC1CN(S(=O)(=O)c2cc(C(F)(F)F)cnc2Cl)c2cc(NC(=O)O)ccc2O1. The molecule has 0 saturated heterocycles. The Bertz CT molecular complexity index is 1210. The number of pyridine rings is 1. The van der Waals surface area contributed by atoms with Gasteiger partial charge >= 0.3 is 12.3 Å². The molecular weight excluding hydrogens is 493 g/mol. The Hall–Kier alpha value is -3.26. The first kappa shape index (κ1) is 24.4. The maximum Gasteiger partial charge on any atom is 0.417 e. The number of rotatable bonds is 5. The third-order valence-corrected chi connectivity index (χ3v) is 6.63. The molecule has 15 heteroatoms. The lowest BCUT2D eigenvalue weighted by molar-refractivity contribution is -0.138. The van der Waals surface area contributed by atoms with E-state index in [1.54, 1.807) is 0 Å². The summed E-state index contributed by atoms with van der Waals surface area (Å²) in [5.74, 6) is -0.419. The number of carboxylic acid groups (broad SMARTS) is 1. The van der Waals surface area contributed by atoms with Crippen molar-refractivity contribution in [2.24, 2.45) is 0 Å². The predicted molar refractivity (Wildman–Crippen MR) is 110 cm³/mol. The molecule has 0 saturated carbocycles. The number of sulfonamides is 1. The third kappa shape index (κ3) is 5.39. The number of amides is 2. The number of carbonyl (C=O) groups is 2.